The summed E-state index contributed by atoms with van der Waals surface area (Å²) < 4.78 is 11.2. The smallest absolute Gasteiger partial charge is 0.234 e. The van der Waals surface area contributed by atoms with Gasteiger partial charge in [-0.2, -0.15) is 0 Å². The number of hydrogen-bond donors (Lipinski definition) is 2. The zero-order chi connectivity index (χ0) is 21.8. The van der Waals surface area contributed by atoms with Gasteiger partial charge in [0.25, 0.3) is 0 Å². The third-order valence-corrected chi connectivity index (χ3v) is 5.12. The average Bonchev–Trinajstić information content (AvgIpc) is 2.72. The van der Waals surface area contributed by atoms with Crippen LogP contribution in [-0.4, -0.2) is 43.1 Å². The second-order valence-corrected chi connectivity index (χ2v) is 7.72. The van der Waals surface area contributed by atoms with Crippen molar-refractivity contribution in [2.45, 2.75) is 20.3 Å². The van der Waals surface area contributed by atoms with Crippen LogP contribution in [0.4, 0.5) is 5.69 Å². The number of carbonyl (C=O) groups excluding carboxylic acids is 2. The summed E-state index contributed by atoms with van der Waals surface area (Å²) in [6.45, 7) is 5.50. The van der Waals surface area contributed by atoms with E-state index in [9.17, 15) is 9.59 Å². The van der Waals surface area contributed by atoms with Crippen LogP contribution in [0, 0.1) is 0 Å². The van der Waals surface area contributed by atoms with E-state index in [1.54, 1.807) is 24.3 Å². The summed E-state index contributed by atoms with van der Waals surface area (Å²) in [6.07, 6.45) is 0.680. The largest absolute Gasteiger partial charge is 0.490 e. The molecule has 0 fully saturated rings. The third kappa shape index (κ3) is 8.55. The van der Waals surface area contributed by atoms with E-state index < -0.39 is 0 Å². The lowest BCUT2D eigenvalue weighted by Gasteiger charge is -2.12. The van der Waals surface area contributed by atoms with Crippen molar-refractivity contribution in [2.75, 3.05) is 36.6 Å². The lowest BCUT2D eigenvalue weighted by molar-refractivity contribution is -0.118. The van der Waals surface area contributed by atoms with Crippen LogP contribution in [0.3, 0.4) is 0 Å². The quantitative estimate of drug-likeness (QED) is 0.507. The summed E-state index contributed by atoms with van der Waals surface area (Å²) >= 11 is 7.08. The summed E-state index contributed by atoms with van der Waals surface area (Å²) in [6, 6.07) is 12.7. The lowest BCUT2D eigenvalue weighted by atomic mass is 10.1. The highest BCUT2D eigenvalue weighted by atomic mass is 35.5. The van der Waals surface area contributed by atoms with Crippen molar-refractivity contribution in [1.29, 1.82) is 0 Å². The highest BCUT2D eigenvalue weighted by Crippen LogP contribution is 2.28. The molecule has 8 heteroatoms. The molecular formula is C22H27ClN2O4S. The Morgan fingerprint density at radius 1 is 0.933 bits per heavy atom. The van der Waals surface area contributed by atoms with E-state index in [0.717, 1.165) is 11.3 Å². The van der Waals surface area contributed by atoms with Gasteiger partial charge in [-0.25, -0.2) is 0 Å². The number of nitrogens with one attached hydrogen (secondary N) is 2. The van der Waals surface area contributed by atoms with E-state index in [4.69, 9.17) is 21.1 Å². The van der Waals surface area contributed by atoms with Crippen molar-refractivity contribution in [3.63, 3.8) is 0 Å². The minimum atomic E-state index is -0.159. The summed E-state index contributed by atoms with van der Waals surface area (Å²) in [5.41, 5.74) is 1.73. The molecule has 0 aliphatic carbocycles. The summed E-state index contributed by atoms with van der Waals surface area (Å²) in [5, 5.41) is 6.25. The highest BCUT2D eigenvalue weighted by molar-refractivity contribution is 8.00. The van der Waals surface area contributed by atoms with E-state index in [-0.39, 0.29) is 23.3 Å². The SMILES string of the molecule is CCOc1ccc(CCNC(=O)CSCC(=O)Nc2ccc(Cl)cc2)cc1OCC. The normalized spacial score (nSPS) is 10.4. The number of thioether (sulfide) groups is 1. The second kappa shape index (κ2) is 13.0. The van der Waals surface area contributed by atoms with Gasteiger partial charge in [-0.3, -0.25) is 9.59 Å². The molecular weight excluding hydrogens is 424 g/mol. The number of anilines is 1. The van der Waals surface area contributed by atoms with Gasteiger partial charge in [0, 0.05) is 17.3 Å². The van der Waals surface area contributed by atoms with Gasteiger partial charge in [-0.05, 0) is 62.2 Å². The number of amides is 2. The minimum absolute atomic E-state index is 0.102. The predicted octanol–water partition coefficient (Wildman–Crippen LogP) is 4.17. The number of halogens is 1. The van der Waals surface area contributed by atoms with E-state index in [1.165, 1.54) is 11.8 Å². The average molecular weight is 451 g/mol. The molecule has 2 rings (SSSR count). The van der Waals surface area contributed by atoms with E-state index in [1.807, 2.05) is 32.0 Å². The van der Waals surface area contributed by atoms with Crippen molar-refractivity contribution >= 4 is 40.9 Å². The van der Waals surface area contributed by atoms with Gasteiger partial charge in [0.15, 0.2) is 11.5 Å². The molecule has 0 aliphatic rings. The maximum atomic E-state index is 12.0. The van der Waals surface area contributed by atoms with Crippen LogP contribution in [0.25, 0.3) is 0 Å². The molecule has 0 saturated carbocycles. The van der Waals surface area contributed by atoms with E-state index in [0.29, 0.717) is 42.6 Å². The summed E-state index contributed by atoms with van der Waals surface area (Å²) in [5.74, 6) is 1.60. The molecule has 0 saturated heterocycles. The van der Waals surface area contributed by atoms with Crippen LogP contribution in [-0.2, 0) is 16.0 Å². The minimum Gasteiger partial charge on any atom is -0.490 e. The molecule has 2 N–H and O–H groups in total. The van der Waals surface area contributed by atoms with Crippen LogP contribution < -0.4 is 20.1 Å². The third-order valence-electron chi connectivity index (χ3n) is 3.94. The van der Waals surface area contributed by atoms with Crippen molar-refractivity contribution < 1.29 is 19.1 Å². The lowest BCUT2D eigenvalue weighted by Crippen LogP contribution is -2.28. The molecule has 0 atom stereocenters. The first kappa shape index (κ1) is 23.9. The van der Waals surface area contributed by atoms with Gasteiger partial charge in [-0.1, -0.05) is 17.7 Å². The maximum absolute atomic E-state index is 12.0. The fraction of sp³-hybridized carbons (Fsp3) is 0.364. The van der Waals surface area contributed by atoms with E-state index in [2.05, 4.69) is 10.6 Å². The standard InChI is InChI=1S/C22H27ClN2O4S/c1-3-28-19-10-5-16(13-20(19)29-4-2)11-12-24-21(26)14-30-15-22(27)25-18-8-6-17(23)7-9-18/h5-10,13H,3-4,11-12,14-15H2,1-2H3,(H,24,26)(H,25,27). The molecule has 2 aromatic rings. The topological polar surface area (TPSA) is 76.7 Å². The van der Waals surface area contributed by atoms with Gasteiger partial charge in [0.2, 0.25) is 11.8 Å². The Morgan fingerprint density at radius 3 is 2.30 bits per heavy atom. The van der Waals surface area contributed by atoms with Crippen LogP contribution >= 0.6 is 23.4 Å². The first-order valence-electron chi connectivity index (χ1n) is 9.80. The van der Waals surface area contributed by atoms with Gasteiger partial charge < -0.3 is 20.1 Å². The summed E-state index contributed by atoms with van der Waals surface area (Å²) in [7, 11) is 0. The number of rotatable bonds is 12. The molecule has 0 aliphatic heterocycles. The van der Waals surface area contributed by atoms with Crippen LogP contribution in [0.5, 0.6) is 11.5 Å². The molecule has 6 nitrogen and oxygen atoms in total. The molecule has 0 radical (unpaired) electrons. The predicted molar refractivity (Wildman–Crippen MR) is 123 cm³/mol. The van der Waals surface area contributed by atoms with Crippen molar-refractivity contribution in [3.05, 3.63) is 53.1 Å². The van der Waals surface area contributed by atoms with Crippen molar-refractivity contribution in [2.24, 2.45) is 0 Å². The molecule has 2 aromatic carbocycles. The number of carbonyl (C=O) groups is 2. The van der Waals surface area contributed by atoms with Crippen LogP contribution in [0.15, 0.2) is 42.5 Å². The zero-order valence-electron chi connectivity index (χ0n) is 17.2. The molecule has 162 valence electrons. The number of ether oxygens (including phenoxy) is 2. The monoisotopic (exact) mass is 450 g/mol. The Kier molecular flexibility index (Phi) is 10.4. The number of hydrogen-bond acceptors (Lipinski definition) is 5. The first-order chi connectivity index (χ1) is 14.5. The highest BCUT2D eigenvalue weighted by Gasteiger charge is 2.08. The fourth-order valence-corrected chi connectivity index (χ4v) is 3.39. The van der Waals surface area contributed by atoms with Crippen LogP contribution in [0.1, 0.15) is 19.4 Å². The Bertz CT molecular complexity index is 830. The Hall–Kier alpha value is -2.38. The molecule has 2 amide bonds. The van der Waals surface area contributed by atoms with Crippen molar-refractivity contribution in [1.82, 2.24) is 5.32 Å². The Morgan fingerprint density at radius 2 is 1.60 bits per heavy atom. The molecule has 0 heterocycles. The number of benzene rings is 2. The van der Waals surface area contributed by atoms with Gasteiger partial charge in [-0.15, -0.1) is 11.8 Å². The maximum Gasteiger partial charge on any atom is 0.234 e. The first-order valence-corrected chi connectivity index (χ1v) is 11.3. The molecule has 0 spiro atoms. The second-order valence-electron chi connectivity index (χ2n) is 6.29. The fourth-order valence-electron chi connectivity index (χ4n) is 2.62. The molecule has 0 aromatic heterocycles. The zero-order valence-corrected chi connectivity index (χ0v) is 18.8. The molecule has 30 heavy (non-hydrogen) atoms. The molecule has 0 bridgehead atoms. The van der Waals surface area contributed by atoms with Crippen molar-refractivity contribution in [3.8, 4) is 11.5 Å². The Labute approximate surface area is 186 Å². The van der Waals surface area contributed by atoms with Gasteiger partial charge >= 0.3 is 0 Å². The van der Waals surface area contributed by atoms with Crippen LogP contribution in [0.2, 0.25) is 5.02 Å². The van der Waals surface area contributed by atoms with Gasteiger partial charge in [0.05, 0.1) is 24.7 Å². The molecule has 0 unspecified atom stereocenters. The Balaban J connectivity index is 1.67. The summed E-state index contributed by atoms with van der Waals surface area (Å²) in [4.78, 5) is 23.9. The van der Waals surface area contributed by atoms with E-state index >= 15 is 0 Å². The van der Waals surface area contributed by atoms with Gasteiger partial charge in [0.1, 0.15) is 0 Å².